The molecule has 0 radical (unpaired) electrons. The number of nitrogens with zero attached hydrogens (tertiary/aromatic N) is 1. The molecule has 0 unspecified atom stereocenters. The van der Waals surface area contributed by atoms with Crippen LogP contribution in [0.3, 0.4) is 0 Å². The predicted octanol–water partition coefficient (Wildman–Crippen LogP) is 3.13. The topological polar surface area (TPSA) is 127 Å². The molecule has 0 bridgehead atoms. The Hall–Kier alpha value is -3.84. The summed E-state index contributed by atoms with van der Waals surface area (Å²) >= 11 is 6.24. The smallest absolute Gasteiger partial charge is 0.416 e. The van der Waals surface area contributed by atoms with Crippen LogP contribution in [-0.4, -0.2) is 56.9 Å². The molecule has 10 nitrogen and oxygen atoms in total. The van der Waals surface area contributed by atoms with E-state index >= 15 is 0 Å². The maximum Gasteiger partial charge on any atom is 0.416 e. The van der Waals surface area contributed by atoms with E-state index in [4.69, 9.17) is 25.8 Å². The number of alkyl halides is 3. The summed E-state index contributed by atoms with van der Waals surface area (Å²) in [6, 6.07) is 7.00. The molecule has 3 amide bonds. The molecule has 1 atom stereocenters. The molecule has 3 N–H and O–H groups in total. The molecule has 0 aliphatic carbocycles. The van der Waals surface area contributed by atoms with Crippen LogP contribution in [0.2, 0.25) is 5.02 Å². The monoisotopic (exact) mass is 556 g/mol. The van der Waals surface area contributed by atoms with E-state index in [-0.39, 0.29) is 34.9 Å². The second kappa shape index (κ2) is 13.1. The number of halogens is 4. The van der Waals surface area contributed by atoms with E-state index in [0.29, 0.717) is 12.2 Å². The van der Waals surface area contributed by atoms with E-state index in [1.807, 2.05) is 0 Å². The van der Waals surface area contributed by atoms with Gasteiger partial charge in [-0.25, -0.2) is 5.43 Å². The zero-order valence-electron chi connectivity index (χ0n) is 20.1. The first-order valence-corrected chi connectivity index (χ1v) is 11.6. The minimum Gasteiger partial charge on any atom is -0.493 e. The quantitative estimate of drug-likeness (QED) is 0.247. The lowest BCUT2D eigenvalue weighted by Gasteiger charge is -2.14. The van der Waals surface area contributed by atoms with Crippen molar-refractivity contribution in [2.24, 2.45) is 5.10 Å². The van der Waals surface area contributed by atoms with Crippen molar-refractivity contribution in [1.29, 1.82) is 0 Å². The SMILES string of the molecule is COc1cc(/C=N\NC(=O)C(=O)NC[C@H]2CCCO2)cc(Cl)c1OCC(=O)Nc1cccc(C(F)(F)F)c1. The second-order valence-corrected chi connectivity index (χ2v) is 8.40. The minimum absolute atomic E-state index is 0.00283. The second-order valence-electron chi connectivity index (χ2n) is 7.99. The molecule has 0 spiro atoms. The van der Waals surface area contributed by atoms with Crippen LogP contribution in [0.5, 0.6) is 11.5 Å². The fourth-order valence-electron chi connectivity index (χ4n) is 3.37. The fourth-order valence-corrected chi connectivity index (χ4v) is 3.64. The Kier molecular flexibility index (Phi) is 9.91. The van der Waals surface area contributed by atoms with E-state index in [0.717, 1.165) is 25.0 Å². The largest absolute Gasteiger partial charge is 0.493 e. The summed E-state index contributed by atoms with van der Waals surface area (Å²) in [4.78, 5) is 35.9. The van der Waals surface area contributed by atoms with Gasteiger partial charge in [0, 0.05) is 18.8 Å². The number of carbonyl (C=O) groups excluding carboxylic acids is 3. The summed E-state index contributed by atoms with van der Waals surface area (Å²) in [5.74, 6) is -2.44. The van der Waals surface area contributed by atoms with Crippen molar-refractivity contribution >= 4 is 41.2 Å². The average molecular weight is 557 g/mol. The van der Waals surface area contributed by atoms with Crippen molar-refractivity contribution < 1.29 is 41.8 Å². The number of rotatable bonds is 9. The molecular formula is C24H24ClF3N4O6. The van der Waals surface area contributed by atoms with Crippen molar-refractivity contribution in [2.45, 2.75) is 25.1 Å². The summed E-state index contributed by atoms with van der Waals surface area (Å²) in [6.07, 6.45) is -1.74. The van der Waals surface area contributed by atoms with E-state index in [1.165, 1.54) is 37.6 Å². The number of benzene rings is 2. The molecule has 2 aromatic rings. The van der Waals surface area contributed by atoms with Gasteiger partial charge in [-0.1, -0.05) is 17.7 Å². The molecule has 204 valence electrons. The van der Waals surface area contributed by atoms with Gasteiger partial charge in [-0.2, -0.15) is 18.3 Å². The van der Waals surface area contributed by atoms with Crippen LogP contribution in [0.15, 0.2) is 41.5 Å². The summed E-state index contributed by atoms with van der Waals surface area (Å²) in [6.45, 7) is 0.277. The van der Waals surface area contributed by atoms with Gasteiger partial charge in [0.1, 0.15) is 0 Å². The lowest BCUT2D eigenvalue weighted by Crippen LogP contribution is -2.41. The molecule has 1 aliphatic heterocycles. The third-order valence-electron chi connectivity index (χ3n) is 5.17. The number of carbonyl (C=O) groups is 3. The Morgan fingerprint density at radius 1 is 1.21 bits per heavy atom. The average Bonchev–Trinajstić information content (AvgIpc) is 3.39. The molecule has 3 rings (SSSR count). The van der Waals surface area contributed by atoms with Crippen LogP contribution < -0.4 is 25.5 Å². The van der Waals surface area contributed by atoms with Crippen LogP contribution in [-0.2, 0) is 25.3 Å². The summed E-state index contributed by atoms with van der Waals surface area (Å²) in [5, 5.41) is 8.53. The summed E-state index contributed by atoms with van der Waals surface area (Å²) < 4.78 is 54.6. The van der Waals surface area contributed by atoms with Gasteiger partial charge in [-0.15, -0.1) is 0 Å². The summed E-state index contributed by atoms with van der Waals surface area (Å²) in [7, 11) is 1.32. The number of ether oxygens (including phenoxy) is 3. The third-order valence-corrected chi connectivity index (χ3v) is 5.45. The van der Waals surface area contributed by atoms with Gasteiger partial charge in [-0.05, 0) is 48.7 Å². The van der Waals surface area contributed by atoms with Crippen LogP contribution >= 0.6 is 11.6 Å². The normalized spacial score (nSPS) is 15.2. The van der Waals surface area contributed by atoms with Crippen molar-refractivity contribution in [3.05, 3.63) is 52.5 Å². The Morgan fingerprint density at radius 2 is 2.00 bits per heavy atom. The van der Waals surface area contributed by atoms with Crippen LogP contribution in [0, 0.1) is 0 Å². The number of amides is 3. The van der Waals surface area contributed by atoms with Gasteiger partial charge in [0.2, 0.25) is 0 Å². The Balaban J connectivity index is 1.54. The predicted molar refractivity (Wildman–Crippen MR) is 131 cm³/mol. The highest BCUT2D eigenvalue weighted by atomic mass is 35.5. The molecule has 14 heteroatoms. The Bertz CT molecular complexity index is 1200. The lowest BCUT2D eigenvalue weighted by atomic mass is 10.2. The number of hydrogen-bond donors (Lipinski definition) is 3. The van der Waals surface area contributed by atoms with E-state index in [1.54, 1.807) is 0 Å². The molecule has 0 saturated carbocycles. The highest BCUT2D eigenvalue weighted by Gasteiger charge is 2.30. The van der Waals surface area contributed by atoms with Crippen LogP contribution in [0.4, 0.5) is 18.9 Å². The Morgan fingerprint density at radius 3 is 2.68 bits per heavy atom. The Labute approximate surface area is 220 Å². The first kappa shape index (κ1) is 28.7. The van der Waals surface area contributed by atoms with E-state index in [2.05, 4.69) is 21.2 Å². The van der Waals surface area contributed by atoms with Gasteiger partial charge >= 0.3 is 18.0 Å². The first-order chi connectivity index (χ1) is 18.1. The highest BCUT2D eigenvalue weighted by molar-refractivity contribution is 6.35. The van der Waals surface area contributed by atoms with E-state index in [9.17, 15) is 27.6 Å². The van der Waals surface area contributed by atoms with Crippen molar-refractivity contribution in [3.8, 4) is 11.5 Å². The fraction of sp³-hybridized carbons (Fsp3) is 0.333. The van der Waals surface area contributed by atoms with Crippen LogP contribution in [0.1, 0.15) is 24.0 Å². The molecule has 1 fully saturated rings. The number of anilines is 1. The van der Waals surface area contributed by atoms with Gasteiger partial charge in [0.25, 0.3) is 5.91 Å². The lowest BCUT2D eigenvalue weighted by molar-refractivity contribution is -0.139. The molecule has 38 heavy (non-hydrogen) atoms. The zero-order valence-corrected chi connectivity index (χ0v) is 20.8. The van der Waals surface area contributed by atoms with Crippen molar-refractivity contribution in [3.63, 3.8) is 0 Å². The van der Waals surface area contributed by atoms with Gasteiger partial charge in [-0.3, -0.25) is 14.4 Å². The third kappa shape index (κ3) is 8.35. The summed E-state index contributed by atoms with van der Waals surface area (Å²) in [5.41, 5.74) is 1.50. The molecule has 1 heterocycles. The van der Waals surface area contributed by atoms with Crippen molar-refractivity contribution in [1.82, 2.24) is 10.7 Å². The number of nitrogens with one attached hydrogen (secondary N) is 3. The zero-order chi connectivity index (χ0) is 27.7. The molecular weight excluding hydrogens is 533 g/mol. The maximum atomic E-state index is 12.9. The maximum absolute atomic E-state index is 12.9. The molecule has 2 aromatic carbocycles. The molecule has 1 aliphatic rings. The number of hydrazone groups is 1. The van der Waals surface area contributed by atoms with Crippen molar-refractivity contribution in [2.75, 3.05) is 32.2 Å². The molecule has 1 saturated heterocycles. The number of methoxy groups -OCH3 is 1. The molecule has 0 aromatic heterocycles. The number of hydrogen-bond acceptors (Lipinski definition) is 7. The van der Waals surface area contributed by atoms with Crippen LogP contribution in [0.25, 0.3) is 0 Å². The standard InChI is InChI=1S/C24H24ClF3N4O6/c1-36-19-9-14(11-30-32-23(35)22(34)29-12-17-6-3-7-37-17)8-18(25)21(19)38-13-20(33)31-16-5-2-4-15(10-16)24(26,27)28/h2,4-5,8-11,17H,3,6-7,12-13H2,1H3,(H,29,34)(H,31,33)(H,32,35)/b30-11-/t17-/m1/s1. The first-order valence-electron chi connectivity index (χ1n) is 11.3. The van der Waals surface area contributed by atoms with Gasteiger partial charge in [0.05, 0.1) is 30.0 Å². The highest BCUT2D eigenvalue weighted by Crippen LogP contribution is 2.36. The van der Waals surface area contributed by atoms with E-state index < -0.39 is 36.1 Å². The van der Waals surface area contributed by atoms with Gasteiger partial charge in [0.15, 0.2) is 18.1 Å². The minimum atomic E-state index is -4.55. The van der Waals surface area contributed by atoms with Gasteiger partial charge < -0.3 is 24.8 Å².